The molecular formula is C15H12F3N3O2S. The van der Waals surface area contributed by atoms with Crippen LogP contribution in [0.15, 0.2) is 35.2 Å². The molecule has 0 aliphatic carbocycles. The van der Waals surface area contributed by atoms with E-state index in [1.807, 2.05) is 6.07 Å². The first-order valence-corrected chi connectivity index (χ1v) is 8.22. The van der Waals surface area contributed by atoms with Crippen LogP contribution in [0.2, 0.25) is 0 Å². The number of nitrogens with zero attached hydrogens (tertiary/aromatic N) is 1. The van der Waals surface area contributed by atoms with E-state index in [9.17, 15) is 21.6 Å². The molecule has 2 aromatic rings. The van der Waals surface area contributed by atoms with Crippen molar-refractivity contribution in [3.05, 3.63) is 53.3 Å². The van der Waals surface area contributed by atoms with Crippen molar-refractivity contribution >= 4 is 21.4 Å². The van der Waals surface area contributed by atoms with E-state index in [1.165, 1.54) is 18.2 Å². The third-order valence-electron chi connectivity index (χ3n) is 3.05. The van der Waals surface area contributed by atoms with Crippen molar-refractivity contribution in [2.75, 3.05) is 16.6 Å². The summed E-state index contributed by atoms with van der Waals surface area (Å²) >= 11 is 0. The Kier molecular flexibility index (Phi) is 4.99. The summed E-state index contributed by atoms with van der Waals surface area (Å²) in [6, 6.07) is 7.17. The molecule has 0 aromatic heterocycles. The minimum Gasteiger partial charge on any atom is -0.384 e. The van der Waals surface area contributed by atoms with E-state index in [4.69, 9.17) is 5.26 Å². The van der Waals surface area contributed by atoms with E-state index in [-0.39, 0.29) is 11.3 Å². The smallest absolute Gasteiger partial charge is 0.265 e. The molecule has 0 saturated heterocycles. The Hall–Kier alpha value is -2.73. The number of anilines is 2. The molecule has 24 heavy (non-hydrogen) atoms. The number of sulfonamides is 1. The average Bonchev–Trinajstić information content (AvgIpc) is 2.54. The summed E-state index contributed by atoms with van der Waals surface area (Å²) in [5, 5.41) is 11.8. The lowest BCUT2D eigenvalue weighted by molar-refractivity contribution is 0.432. The first-order chi connectivity index (χ1) is 11.3. The van der Waals surface area contributed by atoms with E-state index in [1.54, 1.807) is 6.92 Å². The van der Waals surface area contributed by atoms with Crippen molar-refractivity contribution in [1.29, 1.82) is 5.26 Å². The van der Waals surface area contributed by atoms with Gasteiger partial charge in [0.2, 0.25) is 0 Å². The second-order valence-electron chi connectivity index (χ2n) is 4.68. The van der Waals surface area contributed by atoms with Crippen molar-refractivity contribution in [2.24, 2.45) is 0 Å². The molecule has 0 bridgehead atoms. The van der Waals surface area contributed by atoms with Crippen molar-refractivity contribution in [1.82, 2.24) is 0 Å². The second kappa shape index (κ2) is 6.80. The fourth-order valence-electron chi connectivity index (χ4n) is 1.96. The highest BCUT2D eigenvalue weighted by molar-refractivity contribution is 7.92. The highest BCUT2D eigenvalue weighted by atomic mass is 32.2. The van der Waals surface area contributed by atoms with Gasteiger partial charge in [-0.2, -0.15) is 5.26 Å². The summed E-state index contributed by atoms with van der Waals surface area (Å²) in [6.45, 7) is 2.23. The van der Waals surface area contributed by atoms with Gasteiger partial charge in [0.25, 0.3) is 10.0 Å². The third kappa shape index (κ3) is 3.44. The normalized spacial score (nSPS) is 11.0. The molecular weight excluding hydrogens is 343 g/mol. The highest BCUT2D eigenvalue weighted by Crippen LogP contribution is 2.27. The molecule has 0 heterocycles. The molecule has 5 nitrogen and oxygen atoms in total. The van der Waals surface area contributed by atoms with Crippen LogP contribution in [0.1, 0.15) is 12.5 Å². The SMILES string of the molecule is CCNc1ccc(C#N)cc1NS(=O)(=O)c1ccc(F)c(F)c1F. The predicted octanol–water partition coefficient (Wildman–Crippen LogP) is 3.21. The van der Waals surface area contributed by atoms with Gasteiger partial charge in [-0.05, 0) is 37.3 Å². The van der Waals surface area contributed by atoms with E-state index in [0.717, 1.165) is 0 Å². The Bertz CT molecular complexity index is 924. The number of hydrogen-bond acceptors (Lipinski definition) is 4. The predicted molar refractivity (Wildman–Crippen MR) is 82.4 cm³/mol. The molecule has 0 fully saturated rings. The van der Waals surface area contributed by atoms with Gasteiger partial charge < -0.3 is 5.32 Å². The topological polar surface area (TPSA) is 82.0 Å². The Labute approximate surface area is 136 Å². The van der Waals surface area contributed by atoms with Gasteiger partial charge in [0.05, 0.1) is 23.0 Å². The molecule has 2 aromatic carbocycles. The Morgan fingerprint density at radius 3 is 2.42 bits per heavy atom. The summed E-state index contributed by atoms with van der Waals surface area (Å²) in [4.78, 5) is -1.04. The Balaban J connectivity index is 2.50. The van der Waals surface area contributed by atoms with E-state index >= 15 is 0 Å². The fourth-order valence-corrected chi connectivity index (χ4v) is 3.10. The lowest BCUT2D eigenvalue weighted by Gasteiger charge is -2.14. The van der Waals surface area contributed by atoms with E-state index in [2.05, 4.69) is 10.0 Å². The summed E-state index contributed by atoms with van der Waals surface area (Å²) < 4.78 is 66.7. The van der Waals surface area contributed by atoms with Crippen LogP contribution in [0, 0.1) is 28.8 Å². The standard InChI is InChI=1S/C15H12F3N3O2S/c1-2-20-11-5-3-9(8-19)7-12(11)21-24(22,23)13-6-4-10(16)14(17)15(13)18/h3-7,20-21H,2H2,1H3. The molecule has 0 aliphatic heterocycles. The number of halogens is 3. The lowest BCUT2D eigenvalue weighted by Crippen LogP contribution is -2.17. The van der Waals surface area contributed by atoms with Gasteiger partial charge in [-0.3, -0.25) is 4.72 Å². The molecule has 0 spiro atoms. The van der Waals surface area contributed by atoms with Gasteiger partial charge in [-0.25, -0.2) is 21.6 Å². The molecule has 0 amide bonds. The van der Waals surface area contributed by atoms with Gasteiger partial charge >= 0.3 is 0 Å². The van der Waals surface area contributed by atoms with Crippen molar-refractivity contribution in [3.63, 3.8) is 0 Å². The van der Waals surface area contributed by atoms with Crippen molar-refractivity contribution in [2.45, 2.75) is 11.8 Å². The van der Waals surface area contributed by atoms with Crippen LogP contribution >= 0.6 is 0 Å². The van der Waals surface area contributed by atoms with Crippen LogP contribution in [0.5, 0.6) is 0 Å². The van der Waals surface area contributed by atoms with E-state index < -0.39 is 32.4 Å². The van der Waals surface area contributed by atoms with Gasteiger partial charge in [-0.15, -0.1) is 0 Å². The zero-order chi connectivity index (χ0) is 17.9. The lowest BCUT2D eigenvalue weighted by atomic mass is 10.2. The molecule has 0 atom stereocenters. The molecule has 0 saturated carbocycles. The Morgan fingerprint density at radius 1 is 1.08 bits per heavy atom. The second-order valence-corrected chi connectivity index (χ2v) is 6.33. The zero-order valence-electron chi connectivity index (χ0n) is 12.4. The van der Waals surface area contributed by atoms with Crippen LogP contribution in [0.25, 0.3) is 0 Å². The fraction of sp³-hybridized carbons (Fsp3) is 0.133. The summed E-state index contributed by atoms with van der Waals surface area (Å²) in [5.74, 6) is -5.19. The number of nitrogens with one attached hydrogen (secondary N) is 2. The number of benzene rings is 2. The summed E-state index contributed by atoms with van der Waals surface area (Å²) in [5.41, 5.74) is 0.503. The first-order valence-electron chi connectivity index (χ1n) is 6.74. The third-order valence-corrected chi connectivity index (χ3v) is 4.43. The van der Waals surface area contributed by atoms with Crippen LogP contribution in [0.4, 0.5) is 24.5 Å². The van der Waals surface area contributed by atoms with Crippen molar-refractivity contribution < 1.29 is 21.6 Å². The van der Waals surface area contributed by atoms with Gasteiger partial charge in [-0.1, -0.05) is 0 Å². The molecule has 2 rings (SSSR count). The molecule has 0 aliphatic rings. The van der Waals surface area contributed by atoms with Crippen LogP contribution < -0.4 is 10.0 Å². The molecule has 0 radical (unpaired) electrons. The molecule has 9 heteroatoms. The Morgan fingerprint density at radius 2 is 1.79 bits per heavy atom. The van der Waals surface area contributed by atoms with Crippen LogP contribution in [-0.4, -0.2) is 15.0 Å². The number of rotatable bonds is 5. The molecule has 2 N–H and O–H groups in total. The molecule has 0 unspecified atom stereocenters. The number of hydrogen-bond donors (Lipinski definition) is 2. The summed E-state index contributed by atoms with van der Waals surface area (Å²) in [7, 11) is -4.53. The minimum absolute atomic E-state index is 0.0139. The van der Waals surface area contributed by atoms with Crippen LogP contribution in [-0.2, 0) is 10.0 Å². The van der Waals surface area contributed by atoms with Crippen molar-refractivity contribution in [3.8, 4) is 6.07 Å². The minimum atomic E-state index is -4.53. The summed E-state index contributed by atoms with van der Waals surface area (Å²) in [6.07, 6.45) is 0. The maximum atomic E-state index is 13.8. The first kappa shape index (κ1) is 17.6. The van der Waals surface area contributed by atoms with Gasteiger partial charge in [0.15, 0.2) is 17.5 Å². The van der Waals surface area contributed by atoms with Gasteiger partial charge in [0.1, 0.15) is 4.90 Å². The zero-order valence-corrected chi connectivity index (χ0v) is 13.2. The monoisotopic (exact) mass is 355 g/mol. The maximum absolute atomic E-state index is 13.8. The maximum Gasteiger partial charge on any atom is 0.265 e. The highest BCUT2D eigenvalue weighted by Gasteiger charge is 2.25. The average molecular weight is 355 g/mol. The van der Waals surface area contributed by atoms with Gasteiger partial charge in [0, 0.05) is 6.54 Å². The van der Waals surface area contributed by atoms with Crippen LogP contribution in [0.3, 0.4) is 0 Å². The largest absolute Gasteiger partial charge is 0.384 e. The quantitative estimate of drug-likeness (QED) is 0.807. The molecule has 126 valence electrons. The number of nitriles is 1. The van der Waals surface area contributed by atoms with E-state index in [0.29, 0.717) is 24.4 Å².